The Morgan fingerprint density at radius 2 is 1.98 bits per heavy atom. The van der Waals surface area contributed by atoms with Crippen LogP contribution >= 0.6 is 11.3 Å². The Hall–Kier alpha value is -3.29. The Morgan fingerprint density at radius 3 is 2.63 bits per heavy atom. The summed E-state index contributed by atoms with van der Waals surface area (Å²) < 4.78 is 15.6. The molecule has 0 saturated carbocycles. The van der Waals surface area contributed by atoms with Gasteiger partial charge in [-0.15, -0.1) is 11.3 Å². The molecule has 1 saturated heterocycles. The molecule has 5 rings (SSSR count). The largest absolute Gasteiger partial charge is 0.493 e. The van der Waals surface area contributed by atoms with Crippen LogP contribution in [0.1, 0.15) is 49.1 Å². The summed E-state index contributed by atoms with van der Waals surface area (Å²) in [6.07, 6.45) is 6.10. The first kappa shape index (κ1) is 29.2. The SMILES string of the molecule is COc1cc(-c2c(C(C)C)c(-c3cnc(C4CCN(C(=O)O)CC4)s3)nn2COCC[Si](C)(C)C)cn2ncnc12. The van der Waals surface area contributed by atoms with Crippen LogP contribution in [0.5, 0.6) is 5.75 Å². The molecule has 13 heteroatoms. The van der Waals surface area contributed by atoms with Crippen molar-refractivity contribution in [3.05, 3.63) is 35.4 Å². The van der Waals surface area contributed by atoms with Crippen molar-refractivity contribution in [2.75, 3.05) is 26.8 Å². The molecule has 4 aromatic rings. The number of pyridine rings is 1. The number of aromatic nitrogens is 6. The normalized spacial score (nSPS) is 14.9. The van der Waals surface area contributed by atoms with Gasteiger partial charge in [0.2, 0.25) is 0 Å². The monoisotopic (exact) mass is 597 g/mol. The van der Waals surface area contributed by atoms with Gasteiger partial charge in [0.05, 0.1) is 22.7 Å². The molecule has 1 fully saturated rings. The third-order valence-electron chi connectivity index (χ3n) is 7.48. The van der Waals surface area contributed by atoms with Crippen LogP contribution < -0.4 is 4.74 Å². The molecule has 41 heavy (non-hydrogen) atoms. The van der Waals surface area contributed by atoms with E-state index in [4.69, 9.17) is 19.6 Å². The number of thiazole rings is 1. The third-order valence-corrected chi connectivity index (χ3v) is 10.4. The van der Waals surface area contributed by atoms with Crippen LogP contribution in [0.3, 0.4) is 0 Å². The molecule has 4 aromatic heterocycles. The van der Waals surface area contributed by atoms with Crippen LogP contribution in [0.15, 0.2) is 24.8 Å². The van der Waals surface area contributed by atoms with Crippen LogP contribution in [0.2, 0.25) is 25.7 Å². The second-order valence-electron chi connectivity index (χ2n) is 12.0. The van der Waals surface area contributed by atoms with E-state index in [2.05, 4.69) is 43.6 Å². The summed E-state index contributed by atoms with van der Waals surface area (Å²) >= 11 is 1.65. The predicted octanol–water partition coefficient (Wildman–Crippen LogP) is 6.02. The Bertz CT molecular complexity index is 1520. The smallest absolute Gasteiger partial charge is 0.407 e. The summed E-state index contributed by atoms with van der Waals surface area (Å²) in [4.78, 5) is 23.0. The lowest BCUT2D eigenvalue weighted by molar-refractivity contribution is 0.0799. The van der Waals surface area contributed by atoms with Crippen molar-refractivity contribution in [1.29, 1.82) is 0 Å². The zero-order chi connectivity index (χ0) is 29.3. The van der Waals surface area contributed by atoms with E-state index in [1.54, 1.807) is 23.0 Å². The zero-order valence-electron chi connectivity index (χ0n) is 24.6. The molecule has 1 amide bonds. The topological polar surface area (TPSA) is 120 Å². The molecular weight excluding hydrogens is 559 g/mol. The maximum Gasteiger partial charge on any atom is 0.407 e. The second-order valence-corrected chi connectivity index (χ2v) is 18.7. The van der Waals surface area contributed by atoms with Gasteiger partial charge >= 0.3 is 6.09 Å². The van der Waals surface area contributed by atoms with Crippen molar-refractivity contribution >= 4 is 31.2 Å². The quantitative estimate of drug-likeness (QED) is 0.174. The Balaban J connectivity index is 1.54. The first-order valence-corrected chi connectivity index (χ1v) is 18.6. The molecule has 1 aliphatic rings. The molecule has 5 heterocycles. The van der Waals surface area contributed by atoms with Gasteiger partial charge in [0.15, 0.2) is 11.4 Å². The number of amides is 1. The molecule has 0 aliphatic carbocycles. The van der Waals surface area contributed by atoms with Crippen LogP contribution in [0.25, 0.3) is 27.5 Å². The lowest BCUT2D eigenvalue weighted by atomic mass is 9.96. The lowest BCUT2D eigenvalue weighted by Crippen LogP contribution is -2.36. The third kappa shape index (κ3) is 6.31. The summed E-state index contributed by atoms with van der Waals surface area (Å²) in [5.41, 5.74) is 4.54. The van der Waals surface area contributed by atoms with Crippen molar-refractivity contribution in [3.63, 3.8) is 0 Å². The van der Waals surface area contributed by atoms with E-state index in [0.29, 0.717) is 37.8 Å². The highest BCUT2D eigenvalue weighted by atomic mass is 32.1. The average molecular weight is 598 g/mol. The number of rotatable bonds is 10. The van der Waals surface area contributed by atoms with Crippen LogP contribution in [-0.2, 0) is 11.5 Å². The zero-order valence-corrected chi connectivity index (χ0v) is 26.4. The Kier molecular flexibility index (Phi) is 8.48. The minimum Gasteiger partial charge on any atom is -0.493 e. The molecule has 0 spiro atoms. The summed E-state index contributed by atoms with van der Waals surface area (Å²) in [7, 11) is 0.397. The summed E-state index contributed by atoms with van der Waals surface area (Å²) in [5, 5.41) is 19.9. The number of carbonyl (C=O) groups is 1. The molecule has 11 nitrogen and oxygen atoms in total. The van der Waals surface area contributed by atoms with E-state index in [0.717, 1.165) is 51.3 Å². The van der Waals surface area contributed by atoms with E-state index in [1.165, 1.54) is 11.2 Å². The fourth-order valence-electron chi connectivity index (χ4n) is 5.21. The minimum atomic E-state index is -1.24. The van der Waals surface area contributed by atoms with Gasteiger partial charge in [-0.25, -0.2) is 24.0 Å². The fourth-order valence-corrected chi connectivity index (χ4v) is 7.05. The van der Waals surface area contributed by atoms with Crippen molar-refractivity contribution in [1.82, 2.24) is 34.3 Å². The van der Waals surface area contributed by atoms with E-state index >= 15 is 0 Å². The maximum atomic E-state index is 11.4. The number of nitrogens with zero attached hydrogens (tertiary/aromatic N) is 7. The van der Waals surface area contributed by atoms with Gasteiger partial charge in [0.25, 0.3) is 0 Å². The van der Waals surface area contributed by atoms with Crippen molar-refractivity contribution in [2.24, 2.45) is 0 Å². The van der Waals surface area contributed by atoms with Gasteiger partial charge in [-0.1, -0.05) is 33.5 Å². The van der Waals surface area contributed by atoms with Gasteiger partial charge in [0.1, 0.15) is 18.8 Å². The second kappa shape index (κ2) is 11.9. The van der Waals surface area contributed by atoms with E-state index in [1.807, 2.05) is 23.1 Å². The van der Waals surface area contributed by atoms with Gasteiger partial charge in [-0.05, 0) is 30.9 Å². The summed E-state index contributed by atoms with van der Waals surface area (Å²) in [6, 6.07) is 3.06. The number of fused-ring (bicyclic) bond motifs is 1. The predicted molar refractivity (Wildman–Crippen MR) is 162 cm³/mol. The highest BCUT2D eigenvalue weighted by Crippen LogP contribution is 2.42. The molecule has 0 unspecified atom stereocenters. The van der Waals surface area contributed by atoms with Gasteiger partial charge in [-0.2, -0.15) is 10.2 Å². The summed E-state index contributed by atoms with van der Waals surface area (Å²) in [6.45, 7) is 13.5. The fraction of sp³-hybridized carbons (Fsp3) is 0.536. The molecule has 220 valence electrons. The summed E-state index contributed by atoms with van der Waals surface area (Å²) in [5.74, 6) is 1.05. The molecule has 1 aliphatic heterocycles. The number of hydrogen-bond acceptors (Lipinski definition) is 8. The molecule has 0 radical (unpaired) electrons. The van der Waals surface area contributed by atoms with Crippen LogP contribution in [0, 0.1) is 0 Å². The van der Waals surface area contributed by atoms with Crippen molar-refractivity contribution < 1.29 is 19.4 Å². The number of hydrogen-bond donors (Lipinski definition) is 1. The lowest BCUT2D eigenvalue weighted by Gasteiger charge is -2.28. The number of piperidine rings is 1. The number of methoxy groups -OCH3 is 1. The van der Waals surface area contributed by atoms with Crippen molar-refractivity contribution in [2.45, 2.75) is 70.9 Å². The number of likely N-dealkylation sites (tertiary alicyclic amines) is 1. The highest BCUT2D eigenvalue weighted by molar-refractivity contribution is 7.15. The molecule has 1 N–H and O–H groups in total. The maximum absolute atomic E-state index is 11.4. The van der Waals surface area contributed by atoms with E-state index in [-0.39, 0.29) is 11.8 Å². The van der Waals surface area contributed by atoms with Gasteiger partial charge in [0, 0.05) is 57.2 Å². The molecular formula is C28H39N7O4SSi. The average Bonchev–Trinajstić information content (AvgIpc) is 3.68. The van der Waals surface area contributed by atoms with Crippen LogP contribution in [0.4, 0.5) is 4.79 Å². The Morgan fingerprint density at radius 1 is 1.22 bits per heavy atom. The Labute approximate surface area is 245 Å². The first-order valence-electron chi connectivity index (χ1n) is 14.1. The van der Waals surface area contributed by atoms with Gasteiger partial charge < -0.3 is 19.5 Å². The van der Waals surface area contributed by atoms with Crippen LogP contribution in [-0.4, -0.2) is 80.3 Å². The minimum absolute atomic E-state index is 0.164. The van der Waals surface area contributed by atoms with E-state index < -0.39 is 14.2 Å². The molecule has 0 aromatic carbocycles. The number of carboxylic acid groups (broad SMARTS) is 1. The highest BCUT2D eigenvalue weighted by Gasteiger charge is 2.29. The van der Waals surface area contributed by atoms with Crippen molar-refractivity contribution in [3.8, 4) is 27.6 Å². The standard InChI is InChI=1S/C28H39N7O4SSi/c1-18(2)23-24(22-14-29-27(40-22)19-7-9-33(10-8-19)28(36)37)32-35(17-39-11-12-41(4,5)6)25(23)20-13-21(38-3)26-30-16-31-34(26)15-20/h13-16,18-19H,7-12,17H2,1-6H3,(H,36,37). The molecule has 0 atom stereocenters. The molecule has 0 bridgehead atoms. The first-order chi connectivity index (χ1) is 19.6. The van der Waals surface area contributed by atoms with E-state index in [9.17, 15) is 9.90 Å². The van der Waals surface area contributed by atoms with Gasteiger partial charge in [-0.3, -0.25) is 0 Å². The number of ether oxygens (including phenoxy) is 2.